The van der Waals surface area contributed by atoms with E-state index in [-0.39, 0.29) is 18.6 Å². The third-order valence-electron chi connectivity index (χ3n) is 2.28. The first-order valence-corrected chi connectivity index (χ1v) is 3.89. The molecular formula is C7H14FNO2. The number of aliphatic hydroxyl groups is 2. The second-order valence-electron chi connectivity index (χ2n) is 2.92. The van der Waals surface area contributed by atoms with Gasteiger partial charge >= 0.3 is 0 Å². The Morgan fingerprint density at radius 1 is 1.55 bits per heavy atom. The lowest BCUT2D eigenvalue weighted by Crippen LogP contribution is -2.34. The van der Waals surface area contributed by atoms with Gasteiger partial charge in [-0.05, 0) is 6.42 Å². The molecule has 0 aromatic heterocycles. The van der Waals surface area contributed by atoms with Gasteiger partial charge in [0.25, 0.3) is 0 Å². The van der Waals surface area contributed by atoms with Crippen molar-refractivity contribution in [3.05, 3.63) is 0 Å². The number of nitrogens with one attached hydrogen (secondary N) is 1. The Balaban J connectivity index is 2.57. The Morgan fingerprint density at radius 2 is 2.18 bits per heavy atom. The van der Waals surface area contributed by atoms with Crippen LogP contribution in [0.2, 0.25) is 0 Å². The molecule has 0 radical (unpaired) electrons. The van der Waals surface area contributed by atoms with E-state index in [2.05, 4.69) is 5.32 Å². The molecule has 4 heteroatoms. The Kier molecular flexibility index (Phi) is 2.81. The second-order valence-corrected chi connectivity index (χ2v) is 2.92. The van der Waals surface area contributed by atoms with Crippen molar-refractivity contribution in [3.8, 4) is 0 Å². The van der Waals surface area contributed by atoms with Gasteiger partial charge in [-0.15, -0.1) is 0 Å². The molecule has 0 saturated carbocycles. The summed E-state index contributed by atoms with van der Waals surface area (Å²) in [6.07, 6.45) is -1.70. The molecule has 1 aliphatic heterocycles. The molecule has 0 spiro atoms. The van der Waals surface area contributed by atoms with Crippen molar-refractivity contribution >= 4 is 0 Å². The van der Waals surface area contributed by atoms with Crippen molar-refractivity contribution in [1.82, 2.24) is 5.32 Å². The first-order chi connectivity index (χ1) is 5.20. The first kappa shape index (κ1) is 8.90. The summed E-state index contributed by atoms with van der Waals surface area (Å²) in [5.41, 5.74) is 0. The molecule has 11 heavy (non-hydrogen) atoms. The van der Waals surface area contributed by atoms with Crippen LogP contribution in [0.15, 0.2) is 0 Å². The standard InChI is InChI=1S/C7H14FNO2/c1-2-4-5(3-10)9-7(11)6(4)8/h4-7,9-11H,2-3H2,1H3/t4-,5+,6-,7?/m0/s1. The zero-order valence-corrected chi connectivity index (χ0v) is 6.50. The number of hydrogen-bond donors (Lipinski definition) is 3. The summed E-state index contributed by atoms with van der Waals surface area (Å²) < 4.78 is 13.0. The molecule has 3 nitrogen and oxygen atoms in total. The molecule has 1 aliphatic rings. The molecule has 0 amide bonds. The van der Waals surface area contributed by atoms with Crippen LogP contribution in [0.4, 0.5) is 4.39 Å². The van der Waals surface area contributed by atoms with Crippen molar-refractivity contribution in [3.63, 3.8) is 0 Å². The van der Waals surface area contributed by atoms with Crippen LogP contribution in [0, 0.1) is 5.92 Å². The lowest BCUT2D eigenvalue weighted by Gasteiger charge is -2.15. The van der Waals surface area contributed by atoms with Gasteiger partial charge in [-0.1, -0.05) is 6.92 Å². The zero-order chi connectivity index (χ0) is 8.43. The van der Waals surface area contributed by atoms with Gasteiger partial charge in [0.2, 0.25) is 0 Å². The van der Waals surface area contributed by atoms with Crippen molar-refractivity contribution in [2.75, 3.05) is 6.61 Å². The molecule has 0 aromatic carbocycles. The highest BCUT2D eigenvalue weighted by Gasteiger charge is 2.40. The minimum atomic E-state index is -1.24. The SMILES string of the molecule is CC[C@@H]1[C@H](F)C(O)N[C@@H]1CO. The van der Waals surface area contributed by atoms with Gasteiger partial charge in [0.15, 0.2) is 0 Å². The Labute approximate surface area is 65.2 Å². The maximum Gasteiger partial charge on any atom is 0.144 e. The lowest BCUT2D eigenvalue weighted by molar-refractivity contribution is 0.0703. The van der Waals surface area contributed by atoms with Crippen LogP contribution in [0.5, 0.6) is 0 Å². The molecule has 0 aromatic rings. The predicted octanol–water partition coefficient (Wildman–Crippen LogP) is -0.367. The Morgan fingerprint density at radius 3 is 2.55 bits per heavy atom. The van der Waals surface area contributed by atoms with E-state index in [1.54, 1.807) is 0 Å². The highest BCUT2D eigenvalue weighted by Crippen LogP contribution is 2.25. The highest BCUT2D eigenvalue weighted by atomic mass is 19.1. The quantitative estimate of drug-likeness (QED) is 0.520. The average Bonchev–Trinajstić information content (AvgIpc) is 2.28. The first-order valence-electron chi connectivity index (χ1n) is 3.89. The van der Waals surface area contributed by atoms with E-state index in [1.807, 2.05) is 6.92 Å². The molecule has 3 N–H and O–H groups in total. The number of aliphatic hydroxyl groups excluding tert-OH is 2. The van der Waals surface area contributed by atoms with Crippen molar-refractivity contribution in [1.29, 1.82) is 0 Å². The fourth-order valence-electron chi connectivity index (χ4n) is 1.59. The maximum absolute atomic E-state index is 13.0. The van der Waals surface area contributed by atoms with Gasteiger partial charge in [0.1, 0.15) is 12.4 Å². The van der Waals surface area contributed by atoms with Gasteiger partial charge in [0, 0.05) is 12.0 Å². The molecule has 0 bridgehead atoms. The third kappa shape index (κ3) is 1.52. The predicted molar refractivity (Wildman–Crippen MR) is 38.7 cm³/mol. The van der Waals surface area contributed by atoms with Gasteiger partial charge in [-0.2, -0.15) is 0 Å². The van der Waals surface area contributed by atoms with E-state index >= 15 is 0 Å². The van der Waals surface area contributed by atoms with E-state index in [0.29, 0.717) is 6.42 Å². The largest absolute Gasteiger partial charge is 0.395 e. The zero-order valence-electron chi connectivity index (χ0n) is 6.50. The molecule has 1 rings (SSSR count). The van der Waals surface area contributed by atoms with E-state index < -0.39 is 12.4 Å². The third-order valence-corrected chi connectivity index (χ3v) is 2.28. The number of halogens is 1. The summed E-state index contributed by atoms with van der Waals surface area (Å²) in [6.45, 7) is 1.73. The molecule has 66 valence electrons. The molecule has 0 aliphatic carbocycles. The molecular weight excluding hydrogens is 149 g/mol. The van der Waals surface area contributed by atoms with Crippen LogP contribution < -0.4 is 5.32 Å². The van der Waals surface area contributed by atoms with Crippen LogP contribution in [0.1, 0.15) is 13.3 Å². The molecule has 4 atom stereocenters. The van der Waals surface area contributed by atoms with Crippen LogP contribution in [-0.4, -0.2) is 35.3 Å². The fraction of sp³-hybridized carbons (Fsp3) is 1.00. The Bertz CT molecular complexity index is 134. The monoisotopic (exact) mass is 163 g/mol. The summed E-state index contributed by atoms with van der Waals surface area (Å²) in [7, 11) is 0. The lowest BCUT2D eigenvalue weighted by atomic mass is 9.97. The maximum atomic E-state index is 13.0. The Hall–Kier alpha value is -0.190. The summed E-state index contributed by atoms with van der Waals surface area (Å²) in [5.74, 6) is -0.255. The molecule has 1 saturated heterocycles. The minimum absolute atomic E-state index is 0.115. The van der Waals surface area contributed by atoms with Crippen LogP contribution in [-0.2, 0) is 0 Å². The van der Waals surface area contributed by atoms with E-state index in [0.717, 1.165) is 0 Å². The molecule has 1 fully saturated rings. The summed E-state index contributed by atoms with van der Waals surface area (Å²) in [5, 5.41) is 20.4. The highest BCUT2D eigenvalue weighted by molar-refractivity contribution is 4.92. The van der Waals surface area contributed by atoms with Crippen LogP contribution in [0.25, 0.3) is 0 Å². The number of rotatable bonds is 2. The van der Waals surface area contributed by atoms with Crippen molar-refractivity contribution in [2.45, 2.75) is 31.8 Å². The normalized spacial score (nSPS) is 44.7. The number of hydrogen-bond acceptors (Lipinski definition) is 3. The van der Waals surface area contributed by atoms with E-state index in [9.17, 15) is 4.39 Å². The van der Waals surface area contributed by atoms with Gasteiger partial charge < -0.3 is 10.2 Å². The summed E-state index contributed by atoms with van der Waals surface area (Å²) in [4.78, 5) is 0. The van der Waals surface area contributed by atoms with Gasteiger partial charge in [0.05, 0.1) is 6.61 Å². The van der Waals surface area contributed by atoms with Crippen molar-refractivity contribution in [2.24, 2.45) is 5.92 Å². The summed E-state index contributed by atoms with van der Waals surface area (Å²) in [6, 6.07) is -0.287. The molecule has 1 unspecified atom stereocenters. The van der Waals surface area contributed by atoms with Gasteiger partial charge in [-0.25, -0.2) is 4.39 Å². The van der Waals surface area contributed by atoms with Crippen LogP contribution in [0.3, 0.4) is 0 Å². The fourth-order valence-corrected chi connectivity index (χ4v) is 1.59. The number of alkyl halides is 1. The van der Waals surface area contributed by atoms with E-state index in [1.165, 1.54) is 0 Å². The van der Waals surface area contributed by atoms with Crippen molar-refractivity contribution < 1.29 is 14.6 Å². The minimum Gasteiger partial charge on any atom is -0.395 e. The summed E-state index contributed by atoms with van der Waals surface area (Å²) >= 11 is 0. The van der Waals surface area contributed by atoms with Gasteiger partial charge in [-0.3, -0.25) is 5.32 Å². The second kappa shape index (κ2) is 3.47. The topological polar surface area (TPSA) is 52.5 Å². The molecule has 1 heterocycles. The van der Waals surface area contributed by atoms with E-state index in [4.69, 9.17) is 10.2 Å². The van der Waals surface area contributed by atoms with Crippen LogP contribution >= 0.6 is 0 Å². The smallest absolute Gasteiger partial charge is 0.144 e. The average molecular weight is 163 g/mol.